The van der Waals surface area contributed by atoms with E-state index in [0.717, 1.165) is 12.8 Å². The van der Waals surface area contributed by atoms with Gasteiger partial charge in [-0.05, 0) is 59.0 Å². The number of ether oxygens (including phenoxy) is 1. The molecule has 3 aromatic rings. The summed E-state index contributed by atoms with van der Waals surface area (Å²) in [4.78, 5) is 30.4. The van der Waals surface area contributed by atoms with Gasteiger partial charge in [0.2, 0.25) is 0 Å². The van der Waals surface area contributed by atoms with E-state index in [9.17, 15) is 27.9 Å². The molecule has 2 heterocycles. The third-order valence-electron chi connectivity index (χ3n) is 5.36. The molecule has 0 atom stereocenters. The second kappa shape index (κ2) is 9.94. The maximum Gasteiger partial charge on any atom is 0.400 e. The average molecular weight is 576 g/mol. The first kappa shape index (κ1) is 25.1. The van der Waals surface area contributed by atoms with E-state index in [1.54, 1.807) is 12.1 Å². The minimum absolute atomic E-state index is 0.106. The van der Waals surface area contributed by atoms with Crippen LogP contribution >= 0.6 is 34.9 Å². The molecule has 4 rings (SSSR count). The molecule has 1 aliphatic rings. The maximum absolute atomic E-state index is 14.5. The number of amides is 1. The summed E-state index contributed by atoms with van der Waals surface area (Å²) >= 11 is 3.59. The molecule has 1 amide bonds. The van der Waals surface area contributed by atoms with E-state index in [4.69, 9.17) is 4.74 Å². The minimum Gasteiger partial charge on any atom is -0.492 e. The van der Waals surface area contributed by atoms with Crippen molar-refractivity contribution in [1.29, 1.82) is 0 Å². The fourth-order valence-corrected chi connectivity index (χ4v) is 6.34. The van der Waals surface area contributed by atoms with Gasteiger partial charge in [-0.15, -0.1) is 11.3 Å². The first-order valence-electron chi connectivity index (χ1n) is 10.5. The molecular formula is C21H21BrF2N3O5PS. The van der Waals surface area contributed by atoms with E-state index in [-0.39, 0.29) is 32.4 Å². The van der Waals surface area contributed by atoms with Crippen LogP contribution in [0.15, 0.2) is 34.9 Å². The molecule has 0 aliphatic heterocycles. The van der Waals surface area contributed by atoms with Crippen LogP contribution in [-0.4, -0.2) is 32.5 Å². The Hall–Kier alpha value is -1.98. The predicted molar refractivity (Wildman–Crippen MR) is 126 cm³/mol. The monoisotopic (exact) mass is 575 g/mol. The summed E-state index contributed by atoms with van der Waals surface area (Å²) in [6.07, 6.45) is 5.67. The molecule has 0 bridgehead atoms. The second-order valence-electron chi connectivity index (χ2n) is 8.01. The quantitative estimate of drug-likeness (QED) is 0.225. The molecule has 3 N–H and O–H groups in total. The Kier molecular flexibility index (Phi) is 7.35. The Morgan fingerprint density at radius 3 is 2.76 bits per heavy atom. The van der Waals surface area contributed by atoms with Gasteiger partial charge in [0.1, 0.15) is 10.6 Å². The van der Waals surface area contributed by atoms with Gasteiger partial charge in [0, 0.05) is 21.6 Å². The van der Waals surface area contributed by atoms with E-state index >= 15 is 0 Å². The average Bonchev–Trinajstić information content (AvgIpc) is 3.56. The highest BCUT2D eigenvalue weighted by atomic mass is 79.9. The molecule has 8 nitrogen and oxygen atoms in total. The number of carbonyl (C=O) groups excluding carboxylic acids is 1. The molecule has 2 aromatic heterocycles. The van der Waals surface area contributed by atoms with Crippen molar-refractivity contribution in [3.63, 3.8) is 0 Å². The Bertz CT molecular complexity index is 1250. The smallest absolute Gasteiger partial charge is 0.400 e. The highest BCUT2D eigenvalue weighted by Gasteiger charge is 2.53. The van der Waals surface area contributed by atoms with Crippen LogP contribution in [0.25, 0.3) is 10.1 Å². The topological polar surface area (TPSA) is 122 Å². The lowest BCUT2D eigenvalue weighted by molar-refractivity contribution is 0.0595. The van der Waals surface area contributed by atoms with Gasteiger partial charge in [0.15, 0.2) is 0 Å². The van der Waals surface area contributed by atoms with Crippen LogP contribution in [0.2, 0.25) is 0 Å². The number of hydrogen-bond acceptors (Lipinski definition) is 6. The summed E-state index contributed by atoms with van der Waals surface area (Å²) < 4.78 is 46.5. The van der Waals surface area contributed by atoms with Gasteiger partial charge in [-0.2, -0.15) is 19.0 Å². The molecule has 34 heavy (non-hydrogen) atoms. The fraction of sp³-hybridized carbons (Fsp3) is 0.381. The second-order valence-corrected chi connectivity index (χ2v) is 11.5. The van der Waals surface area contributed by atoms with Crippen LogP contribution in [0.1, 0.15) is 46.6 Å². The molecule has 0 unspecified atom stereocenters. The molecule has 0 radical (unpaired) electrons. The van der Waals surface area contributed by atoms with Gasteiger partial charge < -0.3 is 19.8 Å². The lowest BCUT2D eigenvalue weighted by Gasteiger charge is -2.16. The van der Waals surface area contributed by atoms with E-state index in [1.807, 2.05) is 0 Å². The lowest BCUT2D eigenvalue weighted by Crippen LogP contribution is -2.23. The number of halogens is 3. The zero-order chi connectivity index (χ0) is 24.5. The van der Waals surface area contributed by atoms with Gasteiger partial charge in [0.25, 0.3) is 5.91 Å². The molecule has 0 saturated heterocycles. The summed E-state index contributed by atoms with van der Waals surface area (Å²) in [7, 11) is -5.78. The summed E-state index contributed by atoms with van der Waals surface area (Å²) in [6, 6.07) is 6.21. The number of aromatic nitrogens is 2. The van der Waals surface area contributed by atoms with Crippen LogP contribution in [0.5, 0.6) is 5.75 Å². The Labute approximate surface area is 206 Å². The van der Waals surface area contributed by atoms with Crippen LogP contribution in [0, 0.1) is 5.92 Å². The van der Waals surface area contributed by atoms with Crippen molar-refractivity contribution < 1.29 is 32.7 Å². The van der Waals surface area contributed by atoms with Gasteiger partial charge in [0.05, 0.1) is 23.5 Å². The molecule has 1 fully saturated rings. The molecule has 1 saturated carbocycles. The molecule has 13 heteroatoms. The number of rotatable bonds is 10. The predicted octanol–water partition coefficient (Wildman–Crippen LogP) is 5.18. The van der Waals surface area contributed by atoms with Crippen molar-refractivity contribution in [3.05, 3.63) is 51.1 Å². The largest absolute Gasteiger partial charge is 0.492 e. The van der Waals surface area contributed by atoms with Crippen molar-refractivity contribution in [3.8, 4) is 5.75 Å². The van der Waals surface area contributed by atoms with E-state index < -0.39 is 24.0 Å². The van der Waals surface area contributed by atoms with Gasteiger partial charge in [-0.25, -0.2) is 0 Å². The maximum atomic E-state index is 14.5. The van der Waals surface area contributed by atoms with Crippen molar-refractivity contribution in [2.24, 2.45) is 5.92 Å². The molecule has 0 spiro atoms. The number of thiophene rings is 1. The highest BCUT2D eigenvalue weighted by Crippen LogP contribution is 2.63. The first-order valence-corrected chi connectivity index (χ1v) is 13.7. The summed E-state index contributed by atoms with van der Waals surface area (Å²) in [5.41, 5.74) is -3.71. The Morgan fingerprint density at radius 1 is 1.35 bits per heavy atom. The number of fused-ring (bicyclic) bond motifs is 1. The summed E-state index contributed by atoms with van der Waals surface area (Å²) in [5, 5.41) is 10.5. The number of hydrogen-bond donors (Lipinski definition) is 3. The first-order chi connectivity index (χ1) is 16.1. The molecule has 182 valence electrons. The van der Waals surface area contributed by atoms with Crippen molar-refractivity contribution >= 4 is 50.9 Å². The third-order valence-corrected chi connectivity index (χ3v) is 8.85. The standard InChI is InChI=1S/C21H21BrF2N3O5PS/c22-17-15-9-13(20(28)25-11-14-4-1-7-26-27-14)10-16(32-8-2-3-12-5-6-12)18(15)34-19(17)21(23,24)33(29,30)31/h1,4,7,9-10,12H,2-3,5-6,8,11H2,(H,25,28)(H2,29,30,31). The zero-order valence-corrected chi connectivity index (χ0v) is 21.0. The number of nitrogens with zero attached hydrogens (tertiary/aromatic N) is 2. The molecule has 1 aliphatic carbocycles. The Balaban J connectivity index is 1.67. The van der Waals surface area contributed by atoms with E-state index in [1.165, 1.54) is 31.2 Å². The zero-order valence-electron chi connectivity index (χ0n) is 17.7. The number of carbonyl (C=O) groups is 1. The van der Waals surface area contributed by atoms with Crippen molar-refractivity contribution in [2.45, 2.75) is 37.9 Å². The van der Waals surface area contributed by atoms with Crippen LogP contribution in [0.3, 0.4) is 0 Å². The van der Waals surface area contributed by atoms with Crippen LogP contribution in [0.4, 0.5) is 8.78 Å². The SMILES string of the molecule is O=C(NCc1cccnn1)c1cc(OCCCC2CC2)c2sc(C(F)(F)P(=O)(O)O)c(Br)c2c1. The summed E-state index contributed by atoms with van der Waals surface area (Å²) in [6.45, 7) is 0.435. The van der Waals surface area contributed by atoms with E-state index in [2.05, 4.69) is 31.4 Å². The fourth-order valence-electron chi connectivity index (χ4n) is 3.37. The van der Waals surface area contributed by atoms with Gasteiger partial charge in [-0.1, -0.05) is 12.8 Å². The summed E-state index contributed by atoms with van der Waals surface area (Å²) in [5.74, 6) is 0.416. The Morgan fingerprint density at radius 2 is 2.12 bits per heavy atom. The van der Waals surface area contributed by atoms with Gasteiger partial charge in [-0.3, -0.25) is 9.36 Å². The van der Waals surface area contributed by atoms with Crippen LogP contribution in [-0.2, 0) is 16.8 Å². The van der Waals surface area contributed by atoms with Crippen LogP contribution < -0.4 is 10.1 Å². The lowest BCUT2D eigenvalue weighted by atomic mass is 10.1. The molecule has 1 aromatic carbocycles. The minimum atomic E-state index is -5.78. The number of benzene rings is 1. The molecular weight excluding hydrogens is 555 g/mol. The normalized spacial score (nSPS) is 14.4. The van der Waals surface area contributed by atoms with Crippen molar-refractivity contribution in [1.82, 2.24) is 15.5 Å². The van der Waals surface area contributed by atoms with Gasteiger partial charge >= 0.3 is 13.3 Å². The third kappa shape index (κ3) is 5.46. The van der Waals surface area contributed by atoms with E-state index in [0.29, 0.717) is 29.6 Å². The number of nitrogens with one attached hydrogen (secondary N) is 1. The highest BCUT2D eigenvalue weighted by molar-refractivity contribution is 9.10. The van der Waals surface area contributed by atoms with Crippen molar-refractivity contribution in [2.75, 3.05) is 6.61 Å². The number of alkyl halides is 2.